The molecule has 0 atom stereocenters. The molecule has 0 amide bonds. The molecule has 0 radical (unpaired) electrons. The summed E-state index contributed by atoms with van der Waals surface area (Å²) in [4.78, 5) is 8.20. The molecule has 2 aromatic carbocycles. The molecule has 0 unspecified atom stereocenters. The molecule has 0 spiro atoms. The second-order valence-corrected chi connectivity index (χ2v) is 8.12. The van der Waals surface area contributed by atoms with Gasteiger partial charge in [0.05, 0.1) is 17.4 Å². The lowest BCUT2D eigenvalue weighted by molar-refractivity contribution is 0.409. The number of fused-ring (bicyclic) bond motifs is 1. The Morgan fingerprint density at radius 2 is 1.87 bits per heavy atom. The monoisotopic (exact) mass is 447 g/mol. The van der Waals surface area contributed by atoms with Gasteiger partial charge in [-0.2, -0.15) is 10.1 Å². The predicted octanol–water partition coefficient (Wildman–Crippen LogP) is 3.01. The Labute approximate surface area is 175 Å². The highest BCUT2D eigenvalue weighted by molar-refractivity contribution is 7.89. The van der Waals surface area contributed by atoms with Crippen LogP contribution in [0, 0.1) is 11.6 Å². The summed E-state index contributed by atoms with van der Waals surface area (Å²) in [7, 11) is -0.943. The molecule has 0 bridgehead atoms. The van der Waals surface area contributed by atoms with E-state index in [-0.39, 0.29) is 22.3 Å². The normalized spacial score (nSPS) is 11.6. The smallest absolute Gasteiger partial charge is 0.324 e. The maximum atomic E-state index is 13.8. The summed E-state index contributed by atoms with van der Waals surface area (Å²) in [5.74, 6) is -1.50. The highest BCUT2D eigenvalue weighted by Crippen LogP contribution is 2.35. The van der Waals surface area contributed by atoms with E-state index in [2.05, 4.69) is 24.9 Å². The summed E-state index contributed by atoms with van der Waals surface area (Å²) in [6.07, 6.45) is 1.39. The molecule has 0 aliphatic heterocycles. The van der Waals surface area contributed by atoms with Gasteiger partial charge in [-0.05, 0) is 37.4 Å². The minimum absolute atomic E-state index is 0.0228. The van der Waals surface area contributed by atoms with Crippen LogP contribution in [0.15, 0.2) is 47.5 Å². The summed E-state index contributed by atoms with van der Waals surface area (Å²) in [6.45, 7) is 0. The molecule has 4 rings (SSSR count). The molecule has 0 aliphatic carbocycles. The first kappa shape index (κ1) is 20.6. The molecular formula is C19H15F2N5O4S. The average molecular weight is 447 g/mol. The van der Waals surface area contributed by atoms with Gasteiger partial charge >= 0.3 is 6.01 Å². The highest BCUT2D eigenvalue weighted by atomic mass is 32.2. The molecule has 160 valence electrons. The summed E-state index contributed by atoms with van der Waals surface area (Å²) in [5.41, 5.74) is 0.998. The molecule has 0 aliphatic rings. The lowest BCUT2D eigenvalue weighted by Gasteiger charge is -2.10. The number of nitrogens with one attached hydrogen (secondary N) is 2. The quantitative estimate of drug-likeness (QED) is 0.466. The number of sulfonamides is 1. The van der Waals surface area contributed by atoms with Crippen LogP contribution in [0.5, 0.6) is 17.5 Å². The maximum absolute atomic E-state index is 13.8. The van der Waals surface area contributed by atoms with E-state index in [4.69, 9.17) is 9.47 Å². The number of hydrogen-bond acceptors (Lipinski definition) is 7. The minimum atomic E-state index is -3.70. The number of aromatic nitrogens is 4. The van der Waals surface area contributed by atoms with E-state index >= 15 is 0 Å². The maximum Gasteiger partial charge on any atom is 0.324 e. The van der Waals surface area contributed by atoms with E-state index < -0.39 is 21.7 Å². The van der Waals surface area contributed by atoms with Gasteiger partial charge in [-0.3, -0.25) is 5.10 Å². The van der Waals surface area contributed by atoms with Crippen LogP contribution in [0.3, 0.4) is 0 Å². The van der Waals surface area contributed by atoms with Gasteiger partial charge in [-0.1, -0.05) is 0 Å². The zero-order chi connectivity index (χ0) is 22.2. The van der Waals surface area contributed by atoms with Gasteiger partial charge in [0.25, 0.3) is 0 Å². The van der Waals surface area contributed by atoms with Crippen LogP contribution < -0.4 is 14.2 Å². The standard InChI is InChI=1S/C19H15F2N5O4S/c1-22-31(27,28)11-4-6-15(29-2)12(8-11)17-13-9-23-19(24-18(13)26-25-17)30-16-5-3-10(20)7-14(16)21/h3-9,22H,1-2H3,(H,23,24,25,26). The summed E-state index contributed by atoms with van der Waals surface area (Å²) < 4.78 is 64.1. The van der Waals surface area contributed by atoms with Crippen LogP contribution in [-0.4, -0.2) is 42.7 Å². The molecule has 31 heavy (non-hydrogen) atoms. The van der Waals surface area contributed by atoms with E-state index in [9.17, 15) is 17.2 Å². The van der Waals surface area contributed by atoms with Gasteiger partial charge in [0.1, 0.15) is 17.3 Å². The Morgan fingerprint density at radius 3 is 2.58 bits per heavy atom. The molecule has 2 N–H and O–H groups in total. The van der Waals surface area contributed by atoms with Crippen LogP contribution in [0.1, 0.15) is 0 Å². The zero-order valence-corrected chi connectivity index (χ0v) is 17.0. The van der Waals surface area contributed by atoms with E-state index in [1.165, 1.54) is 38.6 Å². The second-order valence-electron chi connectivity index (χ2n) is 6.23. The van der Waals surface area contributed by atoms with Crippen molar-refractivity contribution in [1.82, 2.24) is 24.9 Å². The third kappa shape index (κ3) is 3.90. The van der Waals surface area contributed by atoms with Crippen LogP contribution in [0.2, 0.25) is 0 Å². The highest BCUT2D eigenvalue weighted by Gasteiger charge is 2.20. The molecule has 12 heteroatoms. The van der Waals surface area contributed by atoms with Crippen LogP contribution in [-0.2, 0) is 10.0 Å². The molecule has 9 nitrogen and oxygen atoms in total. The number of aromatic amines is 1. The van der Waals surface area contributed by atoms with E-state index in [1.807, 2.05) is 0 Å². The summed E-state index contributed by atoms with van der Waals surface area (Å²) in [6, 6.07) is 6.99. The number of methoxy groups -OCH3 is 1. The Bertz CT molecular complexity index is 1390. The molecule has 4 aromatic rings. The summed E-state index contributed by atoms with van der Waals surface area (Å²) >= 11 is 0. The fourth-order valence-electron chi connectivity index (χ4n) is 2.86. The Balaban J connectivity index is 1.76. The number of benzene rings is 2. The van der Waals surface area contributed by atoms with Crippen molar-refractivity contribution in [1.29, 1.82) is 0 Å². The number of hydrogen-bond donors (Lipinski definition) is 2. The lowest BCUT2D eigenvalue weighted by atomic mass is 10.1. The molecule has 0 saturated carbocycles. The fourth-order valence-corrected chi connectivity index (χ4v) is 3.62. The molecule has 0 fully saturated rings. The van der Waals surface area contributed by atoms with Gasteiger partial charge in [-0.15, -0.1) is 0 Å². The van der Waals surface area contributed by atoms with Crippen molar-refractivity contribution < 1.29 is 26.7 Å². The first-order valence-corrected chi connectivity index (χ1v) is 10.3. The van der Waals surface area contributed by atoms with E-state index in [0.29, 0.717) is 28.5 Å². The van der Waals surface area contributed by atoms with Crippen LogP contribution >= 0.6 is 0 Å². The molecule has 2 heterocycles. The first-order chi connectivity index (χ1) is 14.8. The van der Waals surface area contributed by atoms with E-state index in [0.717, 1.165) is 12.1 Å². The Hall–Kier alpha value is -3.64. The minimum Gasteiger partial charge on any atom is -0.496 e. The summed E-state index contributed by atoms with van der Waals surface area (Å²) in [5, 5.41) is 7.35. The molecule has 0 saturated heterocycles. The average Bonchev–Trinajstić information content (AvgIpc) is 3.18. The fraction of sp³-hybridized carbons (Fsp3) is 0.105. The first-order valence-electron chi connectivity index (χ1n) is 8.78. The molecule has 2 aromatic heterocycles. The van der Waals surface area contributed by atoms with Gasteiger partial charge in [-0.25, -0.2) is 26.9 Å². The Kier molecular flexibility index (Phi) is 5.25. The SMILES string of the molecule is CNS(=O)(=O)c1ccc(OC)c(-c2n[nH]c3nc(Oc4ccc(F)cc4F)ncc23)c1. The van der Waals surface area contributed by atoms with Gasteiger partial charge in [0, 0.05) is 17.8 Å². The number of halogens is 2. The Morgan fingerprint density at radius 1 is 1.10 bits per heavy atom. The van der Waals surface area contributed by atoms with Crippen molar-refractivity contribution in [2.75, 3.05) is 14.2 Å². The van der Waals surface area contributed by atoms with Crippen molar-refractivity contribution in [2.45, 2.75) is 4.90 Å². The number of rotatable bonds is 6. The second kappa shape index (κ2) is 7.89. The molecular weight excluding hydrogens is 432 g/mol. The third-order valence-electron chi connectivity index (χ3n) is 4.40. The zero-order valence-electron chi connectivity index (χ0n) is 16.2. The van der Waals surface area contributed by atoms with Crippen molar-refractivity contribution in [3.05, 3.63) is 54.2 Å². The van der Waals surface area contributed by atoms with Crippen LogP contribution in [0.25, 0.3) is 22.3 Å². The van der Waals surface area contributed by atoms with Crippen molar-refractivity contribution >= 4 is 21.1 Å². The van der Waals surface area contributed by atoms with Crippen LogP contribution in [0.4, 0.5) is 8.78 Å². The third-order valence-corrected chi connectivity index (χ3v) is 5.81. The number of ether oxygens (including phenoxy) is 2. The lowest BCUT2D eigenvalue weighted by Crippen LogP contribution is -2.18. The number of H-pyrrole nitrogens is 1. The number of nitrogens with zero attached hydrogens (tertiary/aromatic N) is 3. The topological polar surface area (TPSA) is 119 Å². The van der Waals surface area contributed by atoms with Gasteiger partial charge in [0.15, 0.2) is 17.2 Å². The predicted molar refractivity (Wildman–Crippen MR) is 106 cm³/mol. The van der Waals surface area contributed by atoms with Gasteiger partial charge < -0.3 is 9.47 Å². The van der Waals surface area contributed by atoms with Gasteiger partial charge in [0.2, 0.25) is 10.0 Å². The largest absolute Gasteiger partial charge is 0.496 e. The van der Waals surface area contributed by atoms with E-state index in [1.54, 1.807) is 0 Å². The van der Waals surface area contributed by atoms with Crippen molar-refractivity contribution in [3.8, 4) is 28.8 Å². The van der Waals surface area contributed by atoms with Crippen molar-refractivity contribution in [3.63, 3.8) is 0 Å². The van der Waals surface area contributed by atoms with Crippen molar-refractivity contribution in [2.24, 2.45) is 0 Å².